The van der Waals surface area contributed by atoms with Crippen LogP contribution in [0, 0.1) is 6.17 Å². The van der Waals surface area contributed by atoms with Gasteiger partial charge in [-0.2, -0.15) is 0 Å². The van der Waals surface area contributed by atoms with E-state index in [1.807, 2.05) is 0 Å². The summed E-state index contributed by atoms with van der Waals surface area (Å²) in [5.41, 5.74) is 0. The van der Waals surface area contributed by atoms with Crippen LogP contribution in [0.4, 0.5) is 8.78 Å². The zero-order chi connectivity index (χ0) is 5.15. The van der Waals surface area contributed by atoms with Crippen LogP contribution in [0.2, 0.25) is 0 Å². The van der Waals surface area contributed by atoms with Gasteiger partial charge < -0.3 is 5.11 Å². The minimum atomic E-state index is -2.40. The van der Waals surface area contributed by atoms with Crippen LogP contribution in [0.1, 0.15) is 6.92 Å². The molecule has 1 atom stereocenters. The van der Waals surface area contributed by atoms with Crippen LogP contribution < -0.4 is 0 Å². The van der Waals surface area contributed by atoms with Crippen molar-refractivity contribution in [2.45, 2.75) is 13.3 Å². The molecule has 0 rings (SSSR count). The van der Waals surface area contributed by atoms with Gasteiger partial charge in [0.1, 0.15) is 0 Å². The molecule has 1 radical (unpaired) electrons. The van der Waals surface area contributed by atoms with Gasteiger partial charge in [-0.15, -0.1) is 0 Å². The largest absolute Gasteiger partial charge is 0.362 e. The third-order valence-electron chi connectivity index (χ3n) is 0.328. The van der Waals surface area contributed by atoms with Crippen molar-refractivity contribution in [2.75, 3.05) is 0 Å². The lowest BCUT2D eigenvalue weighted by Gasteiger charge is -1.94. The topological polar surface area (TPSA) is 20.2 Å². The highest BCUT2D eigenvalue weighted by atomic mass is 19.2. The molecule has 0 aromatic heterocycles. The summed E-state index contributed by atoms with van der Waals surface area (Å²) in [5, 5.41) is 7.55. The Labute approximate surface area is 34.6 Å². The van der Waals surface area contributed by atoms with Crippen molar-refractivity contribution < 1.29 is 13.9 Å². The highest BCUT2D eigenvalue weighted by molar-refractivity contribution is 4.69. The van der Waals surface area contributed by atoms with Crippen molar-refractivity contribution in [2.24, 2.45) is 0 Å². The van der Waals surface area contributed by atoms with Gasteiger partial charge in [0.15, 0.2) is 0 Å². The normalized spacial score (nSPS) is 15.5. The summed E-state index contributed by atoms with van der Waals surface area (Å²) in [5.74, 6) is 0. The van der Waals surface area contributed by atoms with Gasteiger partial charge in [-0.25, -0.2) is 8.78 Å². The Morgan fingerprint density at radius 2 is 2.00 bits per heavy atom. The standard InChI is InChI=1S/C3H5F2O/c1-2(4)3(5)6/h3,6H,1H3. The van der Waals surface area contributed by atoms with Gasteiger partial charge in [-0.05, 0) is 6.92 Å². The SMILES string of the molecule is C[C](F)C(O)F. The molecular weight excluding hydrogens is 90.0 g/mol. The fourth-order valence-electron chi connectivity index (χ4n) is 0. The number of hydrogen-bond acceptors (Lipinski definition) is 1. The molecule has 0 aliphatic rings. The van der Waals surface area contributed by atoms with E-state index in [2.05, 4.69) is 0 Å². The Morgan fingerprint density at radius 1 is 1.83 bits per heavy atom. The molecule has 3 heteroatoms. The molecule has 0 bridgehead atoms. The number of rotatable bonds is 1. The Morgan fingerprint density at radius 3 is 2.00 bits per heavy atom. The van der Waals surface area contributed by atoms with Gasteiger partial charge in [-0.3, -0.25) is 0 Å². The van der Waals surface area contributed by atoms with E-state index in [9.17, 15) is 8.78 Å². The molecule has 0 saturated carbocycles. The number of hydrogen-bond donors (Lipinski definition) is 1. The van der Waals surface area contributed by atoms with E-state index < -0.39 is 12.5 Å². The van der Waals surface area contributed by atoms with Gasteiger partial charge >= 0.3 is 0 Å². The van der Waals surface area contributed by atoms with Gasteiger partial charge in [0.05, 0.1) is 0 Å². The van der Waals surface area contributed by atoms with Crippen LogP contribution in [0.3, 0.4) is 0 Å². The molecule has 0 fully saturated rings. The van der Waals surface area contributed by atoms with E-state index in [0.717, 1.165) is 6.92 Å². The highest BCUT2D eigenvalue weighted by Gasteiger charge is 2.09. The summed E-state index contributed by atoms with van der Waals surface area (Å²) in [6.07, 6.45) is -3.50. The first kappa shape index (κ1) is 5.82. The van der Waals surface area contributed by atoms with E-state index in [4.69, 9.17) is 5.11 Å². The predicted octanol–water partition coefficient (Wildman–Crippen LogP) is 0.796. The van der Waals surface area contributed by atoms with E-state index in [1.54, 1.807) is 0 Å². The quantitative estimate of drug-likeness (QED) is 0.510. The smallest absolute Gasteiger partial charge is 0.234 e. The summed E-state index contributed by atoms with van der Waals surface area (Å²) >= 11 is 0. The second kappa shape index (κ2) is 2.08. The van der Waals surface area contributed by atoms with E-state index in [-0.39, 0.29) is 0 Å². The molecule has 0 aliphatic heterocycles. The summed E-state index contributed by atoms with van der Waals surface area (Å²) in [6, 6.07) is 0. The first-order chi connectivity index (χ1) is 2.64. The van der Waals surface area contributed by atoms with Crippen molar-refractivity contribution in [1.29, 1.82) is 0 Å². The Bertz CT molecular complexity index is 29.8. The van der Waals surface area contributed by atoms with Crippen LogP contribution in [-0.4, -0.2) is 11.5 Å². The van der Waals surface area contributed by atoms with Crippen LogP contribution in [0.5, 0.6) is 0 Å². The number of halogens is 2. The van der Waals surface area contributed by atoms with Crippen LogP contribution in [0.15, 0.2) is 0 Å². The Kier molecular flexibility index (Phi) is 2.01. The van der Waals surface area contributed by atoms with Crippen molar-refractivity contribution in [1.82, 2.24) is 0 Å². The second-order valence-corrected chi connectivity index (χ2v) is 0.923. The van der Waals surface area contributed by atoms with Crippen molar-refractivity contribution in [3.8, 4) is 0 Å². The monoisotopic (exact) mass is 95.0 g/mol. The molecule has 0 spiro atoms. The average Bonchev–Trinajstić information content (AvgIpc) is 1.36. The van der Waals surface area contributed by atoms with Crippen molar-refractivity contribution in [3.63, 3.8) is 0 Å². The minimum absolute atomic E-state index is 0.866. The molecule has 1 nitrogen and oxygen atoms in total. The molecule has 0 heterocycles. The van der Waals surface area contributed by atoms with E-state index in [1.165, 1.54) is 0 Å². The van der Waals surface area contributed by atoms with Crippen molar-refractivity contribution in [3.05, 3.63) is 6.17 Å². The molecule has 1 N–H and O–H groups in total. The Balaban J connectivity index is 2.99. The van der Waals surface area contributed by atoms with Gasteiger partial charge in [-0.1, -0.05) is 0 Å². The van der Waals surface area contributed by atoms with Crippen LogP contribution >= 0.6 is 0 Å². The third-order valence-corrected chi connectivity index (χ3v) is 0.328. The summed E-state index contributed by atoms with van der Waals surface area (Å²) in [4.78, 5) is 0. The number of alkyl halides is 1. The molecule has 0 aliphatic carbocycles. The molecular formula is C3H5F2O. The number of aliphatic hydroxyl groups excluding tert-OH is 1. The van der Waals surface area contributed by atoms with Crippen LogP contribution in [0.25, 0.3) is 0 Å². The number of aliphatic hydroxyl groups is 1. The lowest BCUT2D eigenvalue weighted by atomic mass is 10.5. The first-order valence-corrected chi connectivity index (χ1v) is 1.45. The zero-order valence-electron chi connectivity index (χ0n) is 3.28. The lowest BCUT2D eigenvalue weighted by molar-refractivity contribution is 0.0263. The fourth-order valence-corrected chi connectivity index (χ4v) is 0. The maximum absolute atomic E-state index is 11.1. The molecule has 6 heavy (non-hydrogen) atoms. The summed E-state index contributed by atoms with van der Waals surface area (Å²) in [6.45, 7) is 0.866. The van der Waals surface area contributed by atoms with Crippen LogP contribution in [-0.2, 0) is 0 Å². The molecule has 1 unspecified atom stereocenters. The lowest BCUT2D eigenvalue weighted by Crippen LogP contribution is -2.01. The molecule has 0 aromatic rings. The molecule has 0 saturated heterocycles. The molecule has 0 amide bonds. The summed E-state index contributed by atoms with van der Waals surface area (Å²) < 4.78 is 22.1. The van der Waals surface area contributed by atoms with Gasteiger partial charge in [0.25, 0.3) is 0 Å². The maximum Gasteiger partial charge on any atom is 0.234 e. The van der Waals surface area contributed by atoms with E-state index >= 15 is 0 Å². The summed E-state index contributed by atoms with van der Waals surface area (Å²) in [7, 11) is 0. The highest BCUT2D eigenvalue weighted by Crippen LogP contribution is 2.05. The first-order valence-electron chi connectivity index (χ1n) is 1.45. The zero-order valence-corrected chi connectivity index (χ0v) is 3.28. The van der Waals surface area contributed by atoms with E-state index in [0.29, 0.717) is 0 Å². The predicted molar refractivity (Wildman–Crippen MR) is 17.1 cm³/mol. The Hall–Kier alpha value is -0.180. The maximum atomic E-state index is 11.1. The van der Waals surface area contributed by atoms with Gasteiger partial charge in [0.2, 0.25) is 12.5 Å². The van der Waals surface area contributed by atoms with Crippen molar-refractivity contribution >= 4 is 0 Å². The molecule has 37 valence electrons. The second-order valence-electron chi connectivity index (χ2n) is 0.923. The average molecular weight is 95.1 g/mol. The van der Waals surface area contributed by atoms with Gasteiger partial charge in [0, 0.05) is 0 Å². The third kappa shape index (κ3) is 2.08. The fraction of sp³-hybridized carbons (Fsp3) is 0.667. The molecule has 0 aromatic carbocycles. The minimum Gasteiger partial charge on any atom is -0.362 e.